The molecule has 0 saturated carbocycles. The summed E-state index contributed by atoms with van der Waals surface area (Å²) < 4.78 is 10.4. The largest absolute Gasteiger partial charge is 0.465 e. The van der Waals surface area contributed by atoms with E-state index in [1.54, 1.807) is 18.3 Å². The molecule has 0 saturated heterocycles. The van der Waals surface area contributed by atoms with Crippen LogP contribution in [0.15, 0.2) is 77.3 Å². The second kappa shape index (κ2) is 14.9. The number of furan rings is 1. The molecule has 0 aliphatic rings. The standard InChI is InChI=1S/C34H36N4O7/c1-20(2)14-27(38-33(42)30-18-25-17-24(34(43)44-4)11-12-29(25)45-30)32(41)37-21(3)28(39)19-36-31(40)16-22-8-7-9-23(15-22)26-10-5-6-13-35-26/h5-13,15,17-18,20-21,27H,14,16,19H2,1-4H3,(H,36,40)(H,37,41)(H,38,42). The molecule has 3 N–H and O–H groups in total. The lowest BCUT2D eigenvalue weighted by molar-refractivity contribution is -0.129. The fourth-order valence-corrected chi connectivity index (χ4v) is 4.69. The van der Waals surface area contributed by atoms with Crippen molar-refractivity contribution in [3.05, 3.63) is 89.8 Å². The first kappa shape index (κ1) is 32.6. The minimum absolute atomic E-state index is 0.0361. The van der Waals surface area contributed by atoms with Gasteiger partial charge in [0.2, 0.25) is 11.8 Å². The fourth-order valence-electron chi connectivity index (χ4n) is 4.69. The summed E-state index contributed by atoms with van der Waals surface area (Å²) in [4.78, 5) is 67.7. The Hall–Kier alpha value is -5.32. The Morgan fingerprint density at radius 1 is 0.911 bits per heavy atom. The zero-order valence-corrected chi connectivity index (χ0v) is 25.6. The van der Waals surface area contributed by atoms with Crippen LogP contribution in [0.1, 0.15) is 53.7 Å². The molecule has 0 fully saturated rings. The number of hydrogen-bond acceptors (Lipinski definition) is 8. The zero-order valence-electron chi connectivity index (χ0n) is 25.6. The lowest BCUT2D eigenvalue weighted by Crippen LogP contribution is -2.52. The van der Waals surface area contributed by atoms with Crippen LogP contribution in [-0.2, 0) is 25.5 Å². The number of carbonyl (C=O) groups excluding carboxylic acids is 5. The maximum absolute atomic E-state index is 13.2. The highest BCUT2D eigenvalue weighted by Gasteiger charge is 2.27. The Morgan fingerprint density at radius 2 is 1.71 bits per heavy atom. The van der Waals surface area contributed by atoms with Gasteiger partial charge in [-0.15, -0.1) is 0 Å². The number of rotatable bonds is 13. The maximum Gasteiger partial charge on any atom is 0.337 e. The number of fused-ring (bicyclic) bond motifs is 1. The van der Waals surface area contributed by atoms with Crippen LogP contribution in [-0.4, -0.2) is 60.2 Å². The van der Waals surface area contributed by atoms with Gasteiger partial charge in [0.25, 0.3) is 5.91 Å². The monoisotopic (exact) mass is 612 g/mol. The molecule has 0 aliphatic carbocycles. The van der Waals surface area contributed by atoms with Crippen LogP contribution in [0.5, 0.6) is 0 Å². The summed E-state index contributed by atoms with van der Waals surface area (Å²) in [7, 11) is 1.27. The second-order valence-corrected chi connectivity index (χ2v) is 11.1. The fraction of sp³-hybridized carbons (Fsp3) is 0.294. The van der Waals surface area contributed by atoms with E-state index in [4.69, 9.17) is 9.15 Å². The van der Waals surface area contributed by atoms with E-state index in [1.807, 2.05) is 56.3 Å². The summed E-state index contributed by atoms with van der Waals surface area (Å²) in [6, 6.07) is 17.3. The predicted molar refractivity (Wildman–Crippen MR) is 167 cm³/mol. The molecule has 2 heterocycles. The lowest BCUT2D eigenvalue weighted by Gasteiger charge is -2.22. The number of benzene rings is 2. The number of methoxy groups -OCH3 is 1. The van der Waals surface area contributed by atoms with Gasteiger partial charge in [-0.25, -0.2) is 4.79 Å². The summed E-state index contributed by atoms with van der Waals surface area (Å²) in [5, 5.41) is 8.48. The Balaban J connectivity index is 1.31. The molecular formula is C34H36N4O7. The highest BCUT2D eigenvalue weighted by molar-refractivity contribution is 6.01. The summed E-state index contributed by atoms with van der Waals surface area (Å²) in [5.74, 6) is -2.41. The van der Waals surface area contributed by atoms with Gasteiger partial charge < -0.3 is 25.1 Å². The summed E-state index contributed by atoms with van der Waals surface area (Å²) in [6.07, 6.45) is 2.08. The number of carbonyl (C=O) groups is 5. The van der Waals surface area contributed by atoms with Gasteiger partial charge in [0.1, 0.15) is 11.6 Å². The number of aromatic nitrogens is 1. The minimum Gasteiger partial charge on any atom is -0.465 e. The first-order valence-corrected chi connectivity index (χ1v) is 14.6. The normalized spacial score (nSPS) is 12.3. The van der Waals surface area contributed by atoms with Crippen LogP contribution >= 0.6 is 0 Å². The molecule has 4 rings (SSSR count). The molecule has 0 aliphatic heterocycles. The lowest BCUT2D eigenvalue weighted by atomic mass is 10.0. The van der Waals surface area contributed by atoms with Gasteiger partial charge in [-0.3, -0.25) is 24.2 Å². The third-order valence-corrected chi connectivity index (χ3v) is 7.04. The number of amides is 3. The second-order valence-electron chi connectivity index (χ2n) is 11.1. The van der Waals surface area contributed by atoms with Crippen LogP contribution in [0.25, 0.3) is 22.2 Å². The van der Waals surface area contributed by atoms with E-state index in [2.05, 4.69) is 20.9 Å². The van der Waals surface area contributed by atoms with Crippen molar-refractivity contribution >= 4 is 40.4 Å². The quantitative estimate of drug-likeness (QED) is 0.192. The number of Topliss-reactive ketones (excluding diaryl/α,β-unsaturated/α-hetero) is 1. The van der Waals surface area contributed by atoms with Crippen LogP contribution in [0.2, 0.25) is 0 Å². The molecule has 45 heavy (non-hydrogen) atoms. The van der Waals surface area contributed by atoms with Gasteiger partial charge >= 0.3 is 5.97 Å². The summed E-state index contributed by atoms with van der Waals surface area (Å²) >= 11 is 0. The Kier molecular flexibility index (Phi) is 10.8. The van der Waals surface area contributed by atoms with Gasteiger partial charge in [-0.05, 0) is 67.3 Å². The third kappa shape index (κ3) is 8.85. The minimum atomic E-state index is -0.951. The van der Waals surface area contributed by atoms with Crippen molar-refractivity contribution in [2.24, 2.45) is 5.92 Å². The highest BCUT2D eigenvalue weighted by atomic mass is 16.5. The number of pyridine rings is 1. The molecule has 0 radical (unpaired) electrons. The van der Waals surface area contributed by atoms with Gasteiger partial charge in [-0.2, -0.15) is 0 Å². The molecule has 4 aromatic rings. The number of nitrogens with zero attached hydrogens (tertiary/aromatic N) is 1. The number of ether oxygens (including phenoxy) is 1. The van der Waals surface area contributed by atoms with Gasteiger partial charge in [-0.1, -0.05) is 38.1 Å². The van der Waals surface area contributed by atoms with E-state index in [-0.39, 0.29) is 30.6 Å². The van der Waals surface area contributed by atoms with Crippen molar-refractivity contribution in [1.82, 2.24) is 20.9 Å². The predicted octanol–water partition coefficient (Wildman–Crippen LogP) is 3.86. The van der Waals surface area contributed by atoms with Crippen molar-refractivity contribution < 1.29 is 33.1 Å². The van der Waals surface area contributed by atoms with Crippen LogP contribution in [0.4, 0.5) is 0 Å². The van der Waals surface area contributed by atoms with Crippen molar-refractivity contribution in [3.8, 4) is 11.3 Å². The van der Waals surface area contributed by atoms with Crippen LogP contribution in [0.3, 0.4) is 0 Å². The molecule has 3 amide bonds. The van der Waals surface area contributed by atoms with Gasteiger partial charge in [0.05, 0.1) is 37.4 Å². The highest BCUT2D eigenvalue weighted by Crippen LogP contribution is 2.22. The molecule has 0 spiro atoms. The molecule has 2 aromatic heterocycles. The average Bonchev–Trinajstić information content (AvgIpc) is 3.47. The Morgan fingerprint density at radius 3 is 2.42 bits per heavy atom. The SMILES string of the molecule is COC(=O)c1ccc2oc(C(=O)NC(CC(C)C)C(=O)NC(C)C(=O)CNC(=O)Cc3cccc(-c4ccccn4)c3)cc2c1. The smallest absolute Gasteiger partial charge is 0.337 e. The van der Waals surface area contributed by atoms with Crippen molar-refractivity contribution in [1.29, 1.82) is 0 Å². The van der Waals surface area contributed by atoms with Crippen molar-refractivity contribution in [3.63, 3.8) is 0 Å². The van der Waals surface area contributed by atoms with E-state index in [0.29, 0.717) is 23.0 Å². The van der Waals surface area contributed by atoms with Crippen molar-refractivity contribution in [2.45, 2.75) is 45.7 Å². The Bertz CT molecular complexity index is 1700. The molecule has 2 aromatic carbocycles. The van der Waals surface area contributed by atoms with Crippen LogP contribution in [0, 0.1) is 5.92 Å². The van der Waals surface area contributed by atoms with E-state index in [1.165, 1.54) is 26.2 Å². The third-order valence-electron chi connectivity index (χ3n) is 7.04. The molecular weight excluding hydrogens is 576 g/mol. The maximum atomic E-state index is 13.2. The van der Waals surface area contributed by atoms with Crippen LogP contribution < -0.4 is 16.0 Å². The van der Waals surface area contributed by atoms with E-state index >= 15 is 0 Å². The topological polar surface area (TPSA) is 157 Å². The zero-order chi connectivity index (χ0) is 32.5. The Labute approximate surface area is 260 Å². The first-order valence-electron chi connectivity index (χ1n) is 14.6. The van der Waals surface area contributed by atoms with E-state index in [0.717, 1.165) is 16.8 Å². The molecule has 11 heteroatoms. The molecule has 2 unspecified atom stereocenters. The van der Waals surface area contributed by atoms with Gasteiger partial charge in [0, 0.05) is 17.1 Å². The number of ketones is 1. The summed E-state index contributed by atoms with van der Waals surface area (Å²) in [5.41, 5.74) is 3.13. The average molecular weight is 613 g/mol. The van der Waals surface area contributed by atoms with E-state index < -0.39 is 35.7 Å². The number of hydrogen-bond donors (Lipinski definition) is 3. The molecule has 234 valence electrons. The number of nitrogens with one attached hydrogen (secondary N) is 3. The molecule has 11 nitrogen and oxygen atoms in total. The number of esters is 1. The first-order chi connectivity index (χ1) is 21.5. The van der Waals surface area contributed by atoms with E-state index in [9.17, 15) is 24.0 Å². The summed E-state index contributed by atoms with van der Waals surface area (Å²) in [6.45, 7) is 5.05. The van der Waals surface area contributed by atoms with Crippen molar-refractivity contribution in [2.75, 3.05) is 13.7 Å². The molecule has 0 bridgehead atoms. The van der Waals surface area contributed by atoms with Gasteiger partial charge in [0.15, 0.2) is 11.5 Å². The molecule has 2 atom stereocenters.